The van der Waals surface area contributed by atoms with Gasteiger partial charge in [0.2, 0.25) is 0 Å². The maximum Gasteiger partial charge on any atom is 0.146 e. The molecule has 0 aliphatic heterocycles. The van der Waals surface area contributed by atoms with Gasteiger partial charge in [-0.2, -0.15) is 0 Å². The highest BCUT2D eigenvalue weighted by atomic mass is 15.3. The van der Waals surface area contributed by atoms with Gasteiger partial charge in [-0.3, -0.25) is 0 Å². The van der Waals surface area contributed by atoms with Crippen LogP contribution in [0.3, 0.4) is 0 Å². The van der Waals surface area contributed by atoms with E-state index in [0.717, 1.165) is 31.0 Å². The van der Waals surface area contributed by atoms with Crippen LogP contribution in [0.15, 0.2) is 0 Å². The SMILES string of the molecule is CCCCC(CC)c1nnc(CN)n1CCC. The van der Waals surface area contributed by atoms with Crippen molar-refractivity contribution >= 4 is 0 Å². The van der Waals surface area contributed by atoms with E-state index in [1.807, 2.05) is 0 Å². The van der Waals surface area contributed by atoms with E-state index in [0.29, 0.717) is 12.5 Å². The largest absolute Gasteiger partial charge is 0.324 e. The Balaban J connectivity index is 2.89. The highest BCUT2D eigenvalue weighted by Crippen LogP contribution is 2.24. The number of rotatable bonds is 8. The number of nitrogens with two attached hydrogens (primary N) is 1. The van der Waals surface area contributed by atoms with Gasteiger partial charge in [-0.1, -0.05) is 33.6 Å². The number of aromatic nitrogens is 3. The Morgan fingerprint density at radius 2 is 1.94 bits per heavy atom. The van der Waals surface area contributed by atoms with Crippen molar-refractivity contribution in [3.8, 4) is 0 Å². The fourth-order valence-corrected chi connectivity index (χ4v) is 2.24. The monoisotopic (exact) mass is 238 g/mol. The molecule has 0 fully saturated rings. The summed E-state index contributed by atoms with van der Waals surface area (Å²) in [6.07, 6.45) is 5.94. The lowest BCUT2D eigenvalue weighted by molar-refractivity contribution is 0.500. The third-order valence-corrected chi connectivity index (χ3v) is 3.25. The van der Waals surface area contributed by atoms with E-state index >= 15 is 0 Å². The van der Waals surface area contributed by atoms with Crippen LogP contribution in [0.5, 0.6) is 0 Å². The van der Waals surface area contributed by atoms with Crippen molar-refractivity contribution in [1.82, 2.24) is 14.8 Å². The third kappa shape index (κ3) is 3.53. The van der Waals surface area contributed by atoms with E-state index in [2.05, 4.69) is 35.5 Å². The van der Waals surface area contributed by atoms with Gasteiger partial charge < -0.3 is 10.3 Å². The molecule has 1 aromatic rings. The molecule has 0 aliphatic rings. The molecule has 4 heteroatoms. The van der Waals surface area contributed by atoms with Crippen LogP contribution in [0, 0.1) is 0 Å². The first-order valence-corrected chi connectivity index (χ1v) is 6.90. The molecule has 2 N–H and O–H groups in total. The van der Waals surface area contributed by atoms with E-state index < -0.39 is 0 Å². The van der Waals surface area contributed by atoms with Crippen molar-refractivity contribution in [2.24, 2.45) is 5.73 Å². The molecule has 0 radical (unpaired) electrons. The maximum absolute atomic E-state index is 5.71. The lowest BCUT2D eigenvalue weighted by Crippen LogP contribution is -2.13. The standard InChI is InChI=1S/C13H26N4/c1-4-7-8-11(6-3)13-16-15-12(10-14)17(13)9-5-2/h11H,4-10,14H2,1-3H3. The Morgan fingerprint density at radius 3 is 2.47 bits per heavy atom. The fourth-order valence-electron chi connectivity index (χ4n) is 2.24. The highest BCUT2D eigenvalue weighted by molar-refractivity contribution is 5.02. The van der Waals surface area contributed by atoms with Gasteiger partial charge in [-0.15, -0.1) is 10.2 Å². The molecule has 0 aromatic carbocycles. The van der Waals surface area contributed by atoms with Crippen molar-refractivity contribution in [1.29, 1.82) is 0 Å². The van der Waals surface area contributed by atoms with E-state index in [1.54, 1.807) is 0 Å². The van der Waals surface area contributed by atoms with Gasteiger partial charge in [0.25, 0.3) is 0 Å². The Labute approximate surface area is 105 Å². The average Bonchev–Trinajstić information content (AvgIpc) is 2.74. The molecule has 1 aromatic heterocycles. The first-order valence-electron chi connectivity index (χ1n) is 6.90. The van der Waals surface area contributed by atoms with E-state index in [4.69, 9.17) is 5.73 Å². The van der Waals surface area contributed by atoms with Crippen molar-refractivity contribution in [3.05, 3.63) is 11.6 Å². The number of nitrogens with zero attached hydrogens (tertiary/aromatic N) is 3. The molecule has 0 spiro atoms. The summed E-state index contributed by atoms with van der Waals surface area (Å²) in [4.78, 5) is 0. The smallest absolute Gasteiger partial charge is 0.146 e. The molecular weight excluding hydrogens is 212 g/mol. The zero-order valence-electron chi connectivity index (χ0n) is 11.4. The molecule has 1 atom stereocenters. The van der Waals surface area contributed by atoms with Crippen LogP contribution >= 0.6 is 0 Å². The van der Waals surface area contributed by atoms with Gasteiger partial charge in [0, 0.05) is 12.5 Å². The number of unbranched alkanes of at least 4 members (excludes halogenated alkanes) is 1. The third-order valence-electron chi connectivity index (χ3n) is 3.25. The Bertz CT molecular complexity index is 319. The highest BCUT2D eigenvalue weighted by Gasteiger charge is 2.18. The molecule has 98 valence electrons. The second kappa shape index (κ2) is 7.43. The summed E-state index contributed by atoms with van der Waals surface area (Å²) < 4.78 is 2.23. The second-order valence-corrected chi connectivity index (χ2v) is 4.58. The molecule has 0 saturated heterocycles. The van der Waals surface area contributed by atoms with Crippen molar-refractivity contribution in [3.63, 3.8) is 0 Å². The maximum atomic E-state index is 5.71. The summed E-state index contributed by atoms with van der Waals surface area (Å²) in [6, 6.07) is 0. The molecule has 0 amide bonds. The molecule has 17 heavy (non-hydrogen) atoms. The molecule has 4 nitrogen and oxygen atoms in total. The normalized spacial score (nSPS) is 12.9. The van der Waals surface area contributed by atoms with Crippen LogP contribution in [0.4, 0.5) is 0 Å². The summed E-state index contributed by atoms with van der Waals surface area (Å²) in [5.41, 5.74) is 5.71. The zero-order chi connectivity index (χ0) is 12.7. The Kier molecular flexibility index (Phi) is 6.19. The Hall–Kier alpha value is -0.900. The molecule has 1 unspecified atom stereocenters. The molecule has 1 heterocycles. The minimum Gasteiger partial charge on any atom is -0.324 e. The minimum atomic E-state index is 0.483. The van der Waals surface area contributed by atoms with Crippen LogP contribution in [-0.2, 0) is 13.1 Å². The lowest BCUT2D eigenvalue weighted by atomic mass is 9.98. The van der Waals surface area contributed by atoms with Crippen LogP contribution < -0.4 is 5.73 Å². The van der Waals surface area contributed by atoms with Crippen LogP contribution in [0.25, 0.3) is 0 Å². The predicted octanol–water partition coefficient (Wildman–Crippen LogP) is 2.83. The molecule has 0 saturated carbocycles. The van der Waals surface area contributed by atoms with Crippen LogP contribution in [0.1, 0.15) is 70.4 Å². The molecular formula is C13H26N4. The first kappa shape index (κ1) is 14.2. The van der Waals surface area contributed by atoms with E-state index in [-0.39, 0.29) is 0 Å². The van der Waals surface area contributed by atoms with Gasteiger partial charge >= 0.3 is 0 Å². The second-order valence-electron chi connectivity index (χ2n) is 4.58. The molecule has 1 rings (SSSR count). The van der Waals surface area contributed by atoms with Crippen molar-refractivity contribution in [2.45, 2.75) is 71.9 Å². The first-order chi connectivity index (χ1) is 8.28. The van der Waals surface area contributed by atoms with Crippen LogP contribution in [-0.4, -0.2) is 14.8 Å². The summed E-state index contributed by atoms with van der Waals surface area (Å²) in [5.74, 6) is 2.61. The fraction of sp³-hybridized carbons (Fsp3) is 0.846. The summed E-state index contributed by atoms with van der Waals surface area (Å²) in [6.45, 7) is 8.11. The lowest BCUT2D eigenvalue weighted by Gasteiger charge is -2.16. The summed E-state index contributed by atoms with van der Waals surface area (Å²) >= 11 is 0. The summed E-state index contributed by atoms with van der Waals surface area (Å²) in [7, 11) is 0. The van der Waals surface area contributed by atoms with E-state index in [9.17, 15) is 0 Å². The van der Waals surface area contributed by atoms with Gasteiger partial charge in [0.1, 0.15) is 11.6 Å². The molecule has 0 bridgehead atoms. The van der Waals surface area contributed by atoms with E-state index in [1.165, 1.54) is 19.3 Å². The quantitative estimate of drug-likeness (QED) is 0.757. The minimum absolute atomic E-state index is 0.483. The van der Waals surface area contributed by atoms with Gasteiger partial charge in [0.15, 0.2) is 0 Å². The number of hydrogen-bond acceptors (Lipinski definition) is 3. The van der Waals surface area contributed by atoms with Gasteiger partial charge in [-0.25, -0.2) is 0 Å². The summed E-state index contributed by atoms with van der Waals surface area (Å²) in [5, 5.41) is 8.58. The van der Waals surface area contributed by atoms with Gasteiger partial charge in [0.05, 0.1) is 6.54 Å². The van der Waals surface area contributed by atoms with Crippen LogP contribution in [0.2, 0.25) is 0 Å². The topological polar surface area (TPSA) is 56.7 Å². The van der Waals surface area contributed by atoms with Gasteiger partial charge in [-0.05, 0) is 19.3 Å². The zero-order valence-corrected chi connectivity index (χ0v) is 11.4. The van der Waals surface area contributed by atoms with Crippen molar-refractivity contribution < 1.29 is 0 Å². The average molecular weight is 238 g/mol. The Morgan fingerprint density at radius 1 is 1.18 bits per heavy atom. The molecule has 0 aliphatic carbocycles. The van der Waals surface area contributed by atoms with Crippen molar-refractivity contribution in [2.75, 3.05) is 0 Å². The number of hydrogen-bond donors (Lipinski definition) is 1. The predicted molar refractivity (Wildman–Crippen MR) is 70.8 cm³/mol.